The van der Waals surface area contributed by atoms with Crippen molar-refractivity contribution in [3.05, 3.63) is 60.4 Å². The Morgan fingerprint density at radius 3 is 2.38 bits per heavy atom. The fourth-order valence-corrected chi connectivity index (χ4v) is 2.44. The van der Waals surface area contributed by atoms with Crippen LogP contribution in [0.4, 0.5) is 0 Å². The normalized spacial score (nSPS) is 10.0. The van der Waals surface area contributed by atoms with E-state index >= 15 is 0 Å². The largest absolute Gasteiger partial charge is 0.497 e. The Morgan fingerprint density at radius 1 is 1.00 bits per heavy atom. The molecule has 2 heterocycles. The van der Waals surface area contributed by atoms with Crippen LogP contribution in [0.3, 0.4) is 0 Å². The van der Waals surface area contributed by atoms with Crippen molar-refractivity contribution >= 4 is 0 Å². The molecule has 5 heteroatoms. The second kappa shape index (κ2) is 6.80. The summed E-state index contributed by atoms with van der Waals surface area (Å²) < 4.78 is 10.5. The lowest BCUT2D eigenvalue weighted by Gasteiger charge is -2.11. The van der Waals surface area contributed by atoms with Crippen LogP contribution in [0.1, 0.15) is 5.56 Å². The molecule has 24 heavy (non-hydrogen) atoms. The van der Waals surface area contributed by atoms with Crippen LogP contribution >= 0.6 is 0 Å². The number of nitrogens with zero attached hydrogens (tertiary/aromatic N) is 3. The van der Waals surface area contributed by atoms with Crippen LogP contribution in [-0.2, 0) is 0 Å². The summed E-state index contributed by atoms with van der Waals surface area (Å²) in [5.41, 5.74) is 3.59. The van der Waals surface area contributed by atoms with Gasteiger partial charge < -0.3 is 9.47 Å². The van der Waals surface area contributed by atoms with Gasteiger partial charge in [0.25, 0.3) is 0 Å². The maximum atomic E-state index is 9.51. The summed E-state index contributed by atoms with van der Waals surface area (Å²) in [7, 11) is 3.13. The molecule has 118 valence electrons. The second-order valence-electron chi connectivity index (χ2n) is 5.02. The molecule has 0 aliphatic carbocycles. The Kier molecular flexibility index (Phi) is 4.39. The van der Waals surface area contributed by atoms with Crippen LogP contribution < -0.4 is 9.47 Å². The lowest BCUT2D eigenvalue weighted by molar-refractivity contribution is 0.397. The number of nitriles is 1. The third-order valence-corrected chi connectivity index (χ3v) is 3.65. The highest BCUT2D eigenvalue weighted by atomic mass is 16.5. The van der Waals surface area contributed by atoms with Crippen molar-refractivity contribution in [3.8, 4) is 40.1 Å². The van der Waals surface area contributed by atoms with Crippen molar-refractivity contribution < 1.29 is 9.47 Å². The van der Waals surface area contributed by atoms with E-state index in [0.717, 1.165) is 22.4 Å². The van der Waals surface area contributed by atoms with Crippen molar-refractivity contribution in [2.45, 2.75) is 0 Å². The monoisotopic (exact) mass is 317 g/mol. The zero-order chi connectivity index (χ0) is 16.9. The summed E-state index contributed by atoms with van der Waals surface area (Å²) in [4.78, 5) is 8.60. The van der Waals surface area contributed by atoms with Gasteiger partial charge in [-0.15, -0.1) is 0 Å². The highest BCUT2D eigenvalue weighted by molar-refractivity contribution is 5.77. The minimum absolute atomic E-state index is 0.296. The highest BCUT2D eigenvalue weighted by Crippen LogP contribution is 2.33. The van der Waals surface area contributed by atoms with Crippen molar-refractivity contribution in [1.82, 2.24) is 9.97 Å². The van der Waals surface area contributed by atoms with Crippen LogP contribution in [0.25, 0.3) is 22.4 Å². The van der Waals surface area contributed by atoms with Gasteiger partial charge in [-0.3, -0.25) is 4.98 Å². The molecule has 0 bridgehead atoms. The van der Waals surface area contributed by atoms with Gasteiger partial charge in [0.05, 0.1) is 19.9 Å². The Hall–Kier alpha value is -3.39. The summed E-state index contributed by atoms with van der Waals surface area (Å²) in [5.74, 6) is 1.07. The highest BCUT2D eigenvalue weighted by Gasteiger charge is 2.16. The summed E-state index contributed by atoms with van der Waals surface area (Å²) in [6.45, 7) is 0. The number of hydrogen-bond donors (Lipinski definition) is 0. The second-order valence-corrected chi connectivity index (χ2v) is 5.02. The summed E-state index contributed by atoms with van der Waals surface area (Å²) in [6.07, 6.45) is 3.41. The Morgan fingerprint density at radius 2 is 1.79 bits per heavy atom. The molecular weight excluding hydrogens is 302 g/mol. The molecule has 3 aromatic rings. The number of hydrogen-bond acceptors (Lipinski definition) is 5. The smallest absolute Gasteiger partial charge is 0.232 e. The first-order valence-corrected chi connectivity index (χ1v) is 7.30. The predicted octanol–water partition coefficient (Wildman–Crippen LogP) is 3.70. The van der Waals surface area contributed by atoms with Crippen LogP contribution in [-0.4, -0.2) is 24.2 Å². The molecule has 0 aliphatic heterocycles. The molecule has 3 rings (SSSR count). The Balaban J connectivity index is 2.19. The van der Waals surface area contributed by atoms with Crippen LogP contribution in [0.2, 0.25) is 0 Å². The molecule has 5 nitrogen and oxygen atoms in total. The minimum Gasteiger partial charge on any atom is -0.497 e. The van der Waals surface area contributed by atoms with Crippen molar-refractivity contribution in [2.75, 3.05) is 14.2 Å². The van der Waals surface area contributed by atoms with E-state index in [-0.39, 0.29) is 0 Å². The van der Waals surface area contributed by atoms with E-state index in [1.165, 1.54) is 7.11 Å². The van der Waals surface area contributed by atoms with E-state index < -0.39 is 0 Å². The van der Waals surface area contributed by atoms with E-state index in [2.05, 4.69) is 16.0 Å². The molecule has 0 saturated carbocycles. The molecule has 0 unspecified atom stereocenters. The van der Waals surface area contributed by atoms with Crippen LogP contribution in [0, 0.1) is 11.3 Å². The number of benzene rings is 1. The molecule has 0 fully saturated rings. The Bertz CT molecular complexity index is 885. The van der Waals surface area contributed by atoms with Gasteiger partial charge in [-0.2, -0.15) is 5.26 Å². The average molecular weight is 317 g/mol. The van der Waals surface area contributed by atoms with Crippen LogP contribution in [0.15, 0.2) is 54.9 Å². The van der Waals surface area contributed by atoms with E-state index in [4.69, 9.17) is 9.47 Å². The van der Waals surface area contributed by atoms with Gasteiger partial charge >= 0.3 is 0 Å². The molecule has 0 saturated heterocycles. The molecule has 2 aromatic heterocycles. The maximum Gasteiger partial charge on any atom is 0.232 e. The van der Waals surface area contributed by atoms with E-state index in [0.29, 0.717) is 17.1 Å². The standard InChI is InChI=1S/C19H15N3O2/c1-23-15-7-5-13(6-8-15)18-10-16(14-4-3-9-21-12-14)17(11-20)19(22-18)24-2/h3-10,12H,1-2H3. The number of ether oxygens (including phenoxy) is 2. The molecule has 0 aliphatic rings. The van der Waals surface area contributed by atoms with E-state index in [9.17, 15) is 5.26 Å². The number of aromatic nitrogens is 2. The summed E-state index contributed by atoms with van der Waals surface area (Å²) in [5, 5.41) is 9.51. The number of methoxy groups -OCH3 is 2. The Labute approximate surface area is 140 Å². The molecule has 0 radical (unpaired) electrons. The minimum atomic E-state index is 0.296. The molecule has 1 aromatic carbocycles. The van der Waals surface area contributed by atoms with Gasteiger partial charge in [0.15, 0.2) is 0 Å². The molecule has 0 amide bonds. The van der Waals surface area contributed by atoms with Gasteiger partial charge in [0.2, 0.25) is 5.88 Å². The fraction of sp³-hybridized carbons (Fsp3) is 0.105. The third kappa shape index (κ3) is 2.90. The quantitative estimate of drug-likeness (QED) is 0.734. The van der Waals surface area contributed by atoms with E-state index in [1.54, 1.807) is 19.5 Å². The van der Waals surface area contributed by atoms with Crippen molar-refractivity contribution in [2.24, 2.45) is 0 Å². The first-order valence-electron chi connectivity index (χ1n) is 7.30. The van der Waals surface area contributed by atoms with Gasteiger partial charge in [-0.05, 0) is 36.4 Å². The lowest BCUT2D eigenvalue weighted by atomic mass is 10.00. The van der Waals surface area contributed by atoms with Gasteiger partial charge in [-0.1, -0.05) is 6.07 Å². The predicted molar refractivity (Wildman–Crippen MR) is 90.7 cm³/mol. The fourth-order valence-electron chi connectivity index (χ4n) is 2.44. The zero-order valence-electron chi connectivity index (χ0n) is 13.4. The zero-order valence-corrected chi connectivity index (χ0v) is 13.4. The first kappa shape index (κ1) is 15.5. The molecule has 0 N–H and O–H groups in total. The van der Waals surface area contributed by atoms with Crippen molar-refractivity contribution in [1.29, 1.82) is 5.26 Å². The maximum absolute atomic E-state index is 9.51. The average Bonchev–Trinajstić information content (AvgIpc) is 2.67. The lowest BCUT2D eigenvalue weighted by Crippen LogP contribution is -1.98. The summed E-state index contributed by atoms with van der Waals surface area (Å²) in [6, 6.07) is 15.3. The number of rotatable bonds is 4. The van der Waals surface area contributed by atoms with Gasteiger partial charge in [-0.25, -0.2) is 4.98 Å². The van der Waals surface area contributed by atoms with Crippen molar-refractivity contribution in [3.63, 3.8) is 0 Å². The SMILES string of the molecule is COc1ccc(-c2cc(-c3cccnc3)c(C#N)c(OC)n2)cc1. The topological polar surface area (TPSA) is 68.0 Å². The van der Waals surface area contributed by atoms with Gasteiger partial charge in [0.1, 0.15) is 17.4 Å². The first-order chi connectivity index (χ1) is 11.8. The molecule has 0 atom stereocenters. The van der Waals surface area contributed by atoms with E-state index in [1.807, 2.05) is 42.5 Å². The van der Waals surface area contributed by atoms with Crippen LogP contribution in [0.5, 0.6) is 11.6 Å². The number of pyridine rings is 2. The third-order valence-electron chi connectivity index (χ3n) is 3.65. The molecule has 0 spiro atoms. The van der Waals surface area contributed by atoms with Gasteiger partial charge in [0, 0.05) is 29.1 Å². The summed E-state index contributed by atoms with van der Waals surface area (Å²) >= 11 is 0. The molecular formula is C19H15N3O2.